The summed E-state index contributed by atoms with van der Waals surface area (Å²) in [5.41, 5.74) is 0. The number of aliphatic hydroxyl groups excluding tert-OH is 1. The van der Waals surface area contributed by atoms with E-state index in [1.807, 2.05) is 0 Å². The van der Waals surface area contributed by atoms with Crippen LogP contribution in [-0.2, 0) is 65.4 Å². The highest BCUT2D eigenvalue weighted by atomic mass is 31.2. The maximum absolute atomic E-state index is 13.0. The molecule has 510 valence electrons. The number of phosphoric acid groups is 2. The highest BCUT2D eigenvalue weighted by Crippen LogP contribution is 2.45. The van der Waals surface area contributed by atoms with Crippen molar-refractivity contribution in [1.82, 2.24) is 0 Å². The van der Waals surface area contributed by atoms with E-state index in [1.54, 1.807) is 0 Å². The van der Waals surface area contributed by atoms with Crippen LogP contribution in [0.1, 0.15) is 343 Å². The summed E-state index contributed by atoms with van der Waals surface area (Å²) in [6.07, 6.45) is 46.3. The molecule has 0 spiro atoms. The summed E-state index contributed by atoms with van der Waals surface area (Å²) in [6.45, 7) is 7.11. The molecule has 0 saturated carbocycles. The van der Waals surface area contributed by atoms with E-state index in [9.17, 15) is 43.2 Å². The van der Waals surface area contributed by atoms with Gasteiger partial charge in [-0.05, 0) is 31.6 Å². The third kappa shape index (κ3) is 60.9. The number of carbonyl (C=O) groups excluding carboxylic acids is 4. The molecule has 0 bridgehead atoms. The van der Waals surface area contributed by atoms with Crippen LogP contribution in [0.25, 0.3) is 0 Å². The van der Waals surface area contributed by atoms with E-state index in [0.717, 1.165) is 102 Å². The summed E-state index contributed by atoms with van der Waals surface area (Å²) in [6, 6.07) is 0. The third-order valence-corrected chi connectivity index (χ3v) is 17.4. The Hall–Kier alpha value is -1.94. The lowest BCUT2D eigenvalue weighted by atomic mass is 10.0. The first-order valence-electron chi connectivity index (χ1n) is 35.1. The molecule has 0 aromatic carbocycles. The molecule has 0 amide bonds. The highest BCUT2D eigenvalue weighted by Gasteiger charge is 2.30. The van der Waals surface area contributed by atoms with E-state index in [2.05, 4.69) is 34.6 Å². The summed E-state index contributed by atoms with van der Waals surface area (Å²) in [5, 5.41) is 10.5. The SMILES string of the molecule is CCCCCCCCCCCCCCCCCCCCCC(=O)O[C@H](COC(=O)CCCCCCCCCCCCC(C)C)COP(=O)(O)OC[C@@H](O)COP(=O)(O)OC[C@@H](COC(=O)CCCCCCC)OC(=O)CCCCCCCCCCC. The Balaban J connectivity index is 5.13. The van der Waals surface area contributed by atoms with Gasteiger partial charge < -0.3 is 33.8 Å². The Morgan fingerprint density at radius 3 is 0.791 bits per heavy atom. The van der Waals surface area contributed by atoms with Crippen LogP contribution in [0.15, 0.2) is 0 Å². The van der Waals surface area contributed by atoms with E-state index in [4.69, 9.17) is 37.0 Å². The second-order valence-corrected chi connectivity index (χ2v) is 27.6. The Kier molecular flexibility index (Phi) is 59.2. The van der Waals surface area contributed by atoms with Crippen LogP contribution >= 0.6 is 15.6 Å². The quantitative estimate of drug-likeness (QED) is 0.0222. The van der Waals surface area contributed by atoms with Crippen LogP contribution in [0.3, 0.4) is 0 Å². The minimum absolute atomic E-state index is 0.105. The molecule has 0 fully saturated rings. The molecular formula is C67H130O17P2. The van der Waals surface area contributed by atoms with E-state index < -0.39 is 97.5 Å². The van der Waals surface area contributed by atoms with Crippen LogP contribution in [0.5, 0.6) is 0 Å². The number of hydrogen-bond acceptors (Lipinski definition) is 15. The lowest BCUT2D eigenvalue weighted by molar-refractivity contribution is -0.161. The van der Waals surface area contributed by atoms with Gasteiger partial charge in [-0.3, -0.25) is 37.3 Å². The number of hydrogen-bond donors (Lipinski definition) is 3. The van der Waals surface area contributed by atoms with Gasteiger partial charge in [0, 0.05) is 25.7 Å². The van der Waals surface area contributed by atoms with Crippen LogP contribution in [0.4, 0.5) is 0 Å². The van der Waals surface area contributed by atoms with Crippen molar-refractivity contribution in [3.63, 3.8) is 0 Å². The normalized spacial score (nSPS) is 14.2. The fourth-order valence-corrected chi connectivity index (χ4v) is 11.7. The van der Waals surface area contributed by atoms with Gasteiger partial charge in [-0.1, -0.05) is 291 Å². The van der Waals surface area contributed by atoms with Crippen molar-refractivity contribution in [2.24, 2.45) is 5.92 Å². The fraction of sp³-hybridized carbons (Fsp3) is 0.940. The molecule has 0 aliphatic rings. The third-order valence-electron chi connectivity index (χ3n) is 15.5. The van der Waals surface area contributed by atoms with Crippen LogP contribution in [-0.4, -0.2) is 96.7 Å². The van der Waals surface area contributed by atoms with E-state index in [-0.39, 0.29) is 25.7 Å². The molecule has 3 N–H and O–H groups in total. The largest absolute Gasteiger partial charge is 0.472 e. The first-order valence-corrected chi connectivity index (χ1v) is 38.1. The maximum atomic E-state index is 13.0. The average Bonchev–Trinajstić information content (AvgIpc) is 3.70. The fourth-order valence-electron chi connectivity index (χ4n) is 10.1. The first-order chi connectivity index (χ1) is 41.5. The minimum atomic E-state index is -4.95. The molecule has 0 saturated heterocycles. The number of ether oxygens (including phenoxy) is 4. The number of unbranched alkanes of at least 4 members (excludes halogenated alkanes) is 39. The van der Waals surface area contributed by atoms with Crippen LogP contribution < -0.4 is 0 Å². The molecule has 0 heterocycles. The molecule has 5 atom stereocenters. The molecule has 86 heavy (non-hydrogen) atoms. The van der Waals surface area contributed by atoms with E-state index in [1.165, 1.54) is 161 Å². The maximum Gasteiger partial charge on any atom is 0.472 e. The Bertz CT molecular complexity index is 1670. The summed E-state index contributed by atoms with van der Waals surface area (Å²) in [5.74, 6) is -1.38. The zero-order valence-corrected chi connectivity index (χ0v) is 57.2. The summed E-state index contributed by atoms with van der Waals surface area (Å²) in [4.78, 5) is 72.0. The second kappa shape index (κ2) is 60.6. The van der Waals surface area contributed by atoms with Gasteiger partial charge in [0.05, 0.1) is 26.4 Å². The van der Waals surface area contributed by atoms with Crippen LogP contribution in [0, 0.1) is 5.92 Å². The first kappa shape index (κ1) is 84.1. The van der Waals surface area contributed by atoms with Crippen molar-refractivity contribution >= 4 is 39.5 Å². The summed E-state index contributed by atoms with van der Waals surface area (Å²) >= 11 is 0. The number of rotatable bonds is 67. The Morgan fingerprint density at radius 2 is 0.535 bits per heavy atom. The standard InChI is InChI=1S/C67H130O17P2/c1-6-9-12-15-17-19-20-21-22-23-24-25-26-27-28-34-38-43-48-53-67(72)84-63(57-78-65(70)51-46-41-36-33-30-29-32-35-40-44-49-60(4)5)59-82-86(75,76)80-55-61(68)54-79-85(73,74)81-58-62(56-77-64(69)50-45-39-14-11-8-3)83-66(71)52-47-42-37-31-18-16-13-10-7-2/h60-63,68H,6-59H2,1-5H3,(H,73,74)(H,75,76)/t61-,62+,63+/m0/s1. The van der Waals surface area contributed by atoms with Crippen molar-refractivity contribution < 1.29 is 80.2 Å². The molecule has 2 unspecified atom stereocenters. The monoisotopic (exact) mass is 1270 g/mol. The molecule has 0 aromatic rings. The van der Waals surface area contributed by atoms with Gasteiger partial charge in [0.1, 0.15) is 19.3 Å². The number of carbonyl (C=O) groups is 4. The second-order valence-electron chi connectivity index (χ2n) is 24.7. The summed E-state index contributed by atoms with van der Waals surface area (Å²) < 4.78 is 67.9. The van der Waals surface area contributed by atoms with Gasteiger partial charge in [0.25, 0.3) is 0 Å². The van der Waals surface area contributed by atoms with E-state index >= 15 is 0 Å². The van der Waals surface area contributed by atoms with Gasteiger partial charge in [-0.15, -0.1) is 0 Å². The van der Waals surface area contributed by atoms with Crippen molar-refractivity contribution in [1.29, 1.82) is 0 Å². The molecule has 0 rings (SSSR count). The van der Waals surface area contributed by atoms with Gasteiger partial charge in [-0.25, -0.2) is 9.13 Å². The zero-order valence-electron chi connectivity index (χ0n) is 55.4. The zero-order chi connectivity index (χ0) is 63.5. The van der Waals surface area contributed by atoms with Crippen molar-refractivity contribution in [3.05, 3.63) is 0 Å². The lowest BCUT2D eigenvalue weighted by Gasteiger charge is -2.21. The van der Waals surface area contributed by atoms with Gasteiger partial charge in [0.2, 0.25) is 0 Å². The predicted octanol–water partition coefficient (Wildman–Crippen LogP) is 19.0. The molecule has 0 aliphatic carbocycles. The Morgan fingerprint density at radius 1 is 0.314 bits per heavy atom. The summed E-state index contributed by atoms with van der Waals surface area (Å²) in [7, 11) is -9.88. The molecule has 0 aliphatic heterocycles. The molecule has 0 radical (unpaired) electrons. The molecular weight excluding hydrogens is 1140 g/mol. The van der Waals surface area contributed by atoms with Crippen molar-refractivity contribution in [2.75, 3.05) is 39.6 Å². The van der Waals surface area contributed by atoms with Gasteiger partial charge in [0.15, 0.2) is 12.2 Å². The van der Waals surface area contributed by atoms with Gasteiger partial charge in [-0.2, -0.15) is 0 Å². The predicted molar refractivity (Wildman–Crippen MR) is 345 cm³/mol. The molecule has 17 nitrogen and oxygen atoms in total. The van der Waals surface area contributed by atoms with E-state index in [0.29, 0.717) is 25.7 Å². The Labute approximate surface area is 524 Å². The smallest absolute Gasteiger partial charge is 0.462 e. The number of phosphoric ester groups is 2. The lowest BCUT2D eigenvalue weighted by Crippen LogP contribution is -2.30. The number of aliphatic hydroxyl groups is 1. The highest BCUT2D eigenvalue weighted by molar-refractivity contribution is 7.47. The molecule has 0 aromatic heterocycles. The number of esters is 4. The topological polar surface area (TPSA) is 237 Å². The molecule has 19 heteroatoms. The van der Waals surface area contributed by atoms with Crippen LogP contribution in [0.2, 0.25) is 0 Å². The minimum Gasteiger partial charge on any atom is -0.462 e. The average molecular weight is 1270 g/mol. The van der Waals surface area contributed by atoms with Crippen molar-refractivity contribution in [2.45, 2.75) is 361 Å². The van der Waals surface area contributed by atoms with Gasteiger partial charge >= 0.3 is 39.5 Å². The van der Waals surface area contributed by atoms with Crippen molar-refractivity contribution in [3.8, 4) is 0 Å².